The van der Waals surface area contributed by atoms with Crippen molar-refractivity contribution in [1.29, 1.82) is 0 Å². The molecular weight excluding hydrogens is 172 g/mol. The molecule has 0 fully saturated rings. The summed E-state index contributed by atoms with van der Waals surface area (Å²) < 4.78 is 0. The van der Waals surface area contributed by atoms with E-state index >= 15 is 0 Å². The van der Waals surface area contributed by atoms with Gasteiger partial charge in [0.15, 0.2) is 0 Å². The van der Waals surface area contributed by atoms with E-state index in [-0.39, 0.29) is 0 Å². The average molecular weight is 196 g/mol. The minimum atomic E-state index is 0.676. The van der Waals surface area contributed by atoms with Gasteiger partial charge >= 0.3 is 0 Å². The fraction of sp³-hybridized carbons (Fsp3) is 0.667. The molecule has 0 bridgehead atoms. The Bertz CT molecular complexity index is 183. The number of hydrogen-bond donors (Lipinski definition) is 0. The molecular formula is C12H24N2. The van der Waals surface area contributed by atoms with E-state index in [1.54, 1.807) is 12.5 Å². The molecule has 1 aromatic rings. The van der Waals surface area contributed by atoms with Crippen molar-refractivity contribution in [3.8, 4) is 0 Å². The van der Waals surface area contributed by atoms with Gasteiger partial charge in [0, 0.05) is 11.9 Å². The molecule has 0 unspecified atom stereocenters. The molecule has 0 aliphatic heterocycles. The molecule has 2 heteroatoms. The summed E-state index contributed by atoms with van der Waals surface area (Å²) in [7, 11) is 0. The van der Waals surface area contributed by atoms with E-state index in [4.69, 9.17) is 0 Å². The molecule has 0 spiro atoms. The predicted molar refractivity (Wildman–Crippen MR) is 63.3 cm³/mol. The maximum Gasteiger partial charge on any atom is 0.115 e. The molecule has 0 atom stereocenters. The molecule has 14 heavy (non-hydrogen) atoms. The fourth-order valence-electron chi connectivity index (χ4n) is 0.857. The highest BCUT2D eigenvalue weighted by Crippen LogP contribution is 2.01. The van der Waals surface area contributed by atoms with Crippen LogP contribution in [0, 0.1) is 5.92 Å². The van der Waals surface area contributed by atoms with Gasteiger partial charge in [0.05, 0.1) is 0 Å². The lowest BCUT2D eigenvalue weighted by molar-refractivity contribution is 0.634. The van der Waals surface area contributed by atoms with E-state index in [2.05, 4.69) is 23.8 Å². The van der Waals surface area contributed by atoms with E-state index < -0.39 is 0 Å². The van der Waals surface area contributed by atoms with Gasteiger partial charge in [-0.15, -0.1) is 0 Å². The summed E-state index contributed by atoms with van der Waals surface area (Å²) in [5.74, 6) is 0.676. The van der Waals surface area contributed by atoms with Gasteiger partial charge in [-0.2, -0.15) is 0 Å². The summed E-state index contributed by atoms with van der Waals surface area (Å²) in [5.41, 5.74) is 1.13. The lowest BCUT2D eigenvalue weighted by atomic mass is 10.1. The number of hydrogen-bond acceptors (Lipinski definition) is 2. The second-order valence-electron chi connectivity index (χ2n) is 2.80. The van der Waals surface area contributed by atoms with Crippen LogP contribution < -0.4 is 0 Å². The summed E-state index contributed by atoms with van der Waals surface area (Å²) in [5, 5.41) is 0. The SMILES string of the molecule is CC.CC.CC(C)Cc1ccncn1. The van der Waals surface area contributed by atoms with E-state index in [0.717, 1.165) is 12.1 Å². The molecule has 2 nitrogen and oxygen atoms in total. The first kappa shape index (κ1) is 15.5. The normalized spacial score (nSPS) is 8.21. The van der Waals surface area contributed by atoms with Crippen LogP contribution in [0.2, 0.25) is 0 Å². The predicted octanol–water partition coefficient (Wildman–Crippen LogP) is 3.73. The maximum atomic E-state index is 4.11. The Morgan fingerprint density at radius 2 is 1.71 bits per heavy atom. The van der Waals surface area contributed by atoms with E-state index in [1.165, 1.54) is 0 Å². The summed E-state index contributed by atoms with van der Waals surface area (Å²) >= 11 is 0. The second-order valence-corrected chi connectivity index (χ2v) is 2.80. The highest BCUT2D eigenvalue weighted by atomic mass is 14.8. The Hall–Kier alpha value is -0.920. The smallest absolute Gasteiger partial charge is 0.115 e. The zero-order valence-electron chi connectivity index (χ0n) is 10.4. The van der Waals surface area contributed by atoms with Crippen LogP contribution in [0.15, 0.2) is 18.6 Å². The molecule has 0 N–H and O–H groups in total. The zero-order valence-corrected chi connectivity index (χ0v) is 10.4. The van der Waals surface area contributed by atoms with Gasteiger partial charge in [-0.25, -0.2) is 9.97 Å². The van der Waals surface area contributed by atoms with Gasteiger partial charge in [0.25, 0.3) is 0 Å². The van der Waals surface area contributed by atoms with Crippen molar-refractivity contribution in [2.75, 3.05) is 0 Å². The fourth-order valence-corrected chi connectivity index (χ4v) is 0.857. The summed E-state index contributed by atoms with van der Waals surface area (Å²) in [6.45, 7) is 12.4. The summed E-state index contributed by atoms with van der Waals surface area (Å²) in [4.78, 5) is 7.95. The van der Waals surface area contributed by atoms with Crippen molar-refractivity contribution in [3.05, 3.63) is 24.3 Å². The first-order chi connectivity index (χ1) is 6.79. The van der Waals surface area contributed by atoms with Crippen molar-refractivity contribution >= 4 is 0 Å². The van der Waals surface area contributed by atoms with E-state index in [1.807, 2.05) is 33.8 Å². The molecule has 0 saturated heterocycles. The molecule has 0 radical (unpaired) electrons. The van der Waals surface area contributed by atoms with Crippen LogP contribution in [0.5, 0.6) is 0 Å². The van der Waals surface area contributed by atoms with E-state index in [9.17, 15) is 0 Å². The monoisotopic (exact) mass is 196 g/mol. The van der Waals surface area contributed by atoms with Crippen LogP contribution in [0.1, 0.15) is 47.2 Å². The largest absolute Gasteiger partial charge is 0.245 e. The lowest BCUT2D eigenvalue weighted by Crippen LogP contribution is -1.96. The van der Waals surface area contributed by atoms with Gasteiger partial charge in [-0.05, 0) is 18.4 Å². The van der Waals surface area contributed by atoms with Crippen molar-refractivity contribution in [1.82, 2.24) is 9.97 Å². The van der Waals surface area contributed by atoms with Gasteiger partial charge in [0.2, 0.25) is 0 Å². The third-order valence-electron chi connectivity index (χ3n) is 1.26. The van der Waals surface area contributed by atoms with Crippen LogP contribution in [-0.2, 0) is 6.42 Å². The third kappa shape index (κ3) is 9.17. The Balaban J connectivity index is 0. The van der Waals surface area contributed by atoms with E-state index in [0.29, 0.717) is 5.92 Å². The van der Waals surface area contributed by atoms with Crippen molar-refractivity contribution in [3.63, 3.8) is 0 Å². The molecule has 82 valence electrons. The standard InChI is InChI=1S/C8H12N2.2C2H6/c1-7(2)5-8-3-4-9-6-10-8;2*1-2/h3-4,6-7H,5H2,1-2H3;2*1-2H3. The first-order valence-electron chi connectivity index (χ1n) is 5.54. The molecule has 0 aliphatic carbocycles. The van der Waals surface area contributed by atoms with Gasteiger partial charge < -0.3 is 0 Å². The minimum absolute atomic E-state index is 0.676. The Labute approximate surface area is 88.8 Å². The van der Waals surface area contributed by atoms with Gasteiger partial charge in [-0.1, -0.05) is 41.5 Å². The second kappa shape index (κ2) is 12.1. The minimum Gasteiger partial charge on any atom is -0.245 e. The number of aromatic nitrogens is 2. The van der Waals surface area contributed by atoms with Crippen LogP contribution in [-0.4, -0.2) is 9.97 Å². The molecule has 1 heterocycles. The Morgan fingerprint density at radius 1 is 1.14 bits per heavy atom. The topological polar surface area (TPSA) is 25.8 Å². The molecule has 0 aliphatic rings. The van der Waals surface area contributed by atoms with Crippen LogP contribution in [0.3, 0.4) is 0 Å². The van der Waals surface area contributed by atoms with Crippen molar-refractivity contribution in [2.24, 2.45) is 5.92 Å². The molecule has 0 aromatic carbocycles. The van der Waals surface area contributed by atoms with Crippen LogP contribution in [0.4, 0.5) is 0 Å². The van der Waals surface area contributed by atoms with Gasteiger partial charge in [0.1, 0.15) is 6.33 Å². The molecule has 1 rings (SSSR count). The molecule has 0 amide bonds. The Morgan fingerprint density at radius 3 is 2.07 bits per heavy atom. The number of nitrogens with zero attached hydrogens (tertiary/aromatic N) is 2. The quantitative estimate of drug-likeness (QED) is 0.720. The highest BCUT2D eigenvalue weighted by Gasteiger charge is 1.96. The molecule has 0 saturated carbocycles. The average Bonchev–Trinajstić information content (AvgIpc) is 2.24. The van der Waals surface area contributed by atoms with Gasteiger partial charge in [-0.3, -0.25) is 0 Å². The lowest BCUT2D eigenvalue weighted by Gasteiger charge is -2.01. The van der Waals surface area contributed by atoms with Crippen LogP contribution in [0.25, 0.3) is 0 Å². The number of rotatable bonds is 2. The highest BCUT2D eigenvalue weighted by molar-refractivity contribution is 4.97. The molecule has 1 aromatic heterocycles. The Kier molecular flexibility index (Phi) is 13.4. The summed E-state index contributed by atoms with van der Waals surface area (Å²) in [6, 6.07) is 1.96. The van der Waals surface area contributed by atoms with Crippen LogP contribution >= 0.6 is 0 Å². The zero-order chi connectivity index (χ0) is 11.4. The summed E-state index contributed by atoms with van der Waals surface area (Å²) in [6.07, 6.45) is 4.42. The first-order valence-corrected chi connectivity index (χ1v) is 5.54. The van der Waals surface area contributed by atoms with Crippen molar-refractivity contribution < 1.29 is 0 Å². The van der Waals surface area contributed by atoms with Crippen molar-refractivity contribution in [2.45, 2.75) is 48.0 Å². The third-order valence-corrected chi connectivity index (χ3v) is 1.26. The maximum absolute atomic E-state index is 4.11.